The van der Waals surface area contributed by atoms with Gasteiger partial charge in [0.15, 0.2) is 6.61 Å². The molecule has 0 aromatic heterocycles. The predicted octanol–water partition coefficient (Wildman–Crippen LogP) is 2.86. The highest BCUT2D eigenvalue weighted by atomic mass is 35.5. The van der Waals surface area contributed by atoms with E-state index in [0.717, 1.165) is 11.6 Å². The van der Waals surface area contributed by atoms with Crippen LogP contribution >= 0.6 is 11.6 Å². The van der Waals surface area contributed by atoms with E-state index in [1.807, 2.05) is 0 Å². The fourth-order valence-corrected chi connectivity index (χ4v) is 2.29. The van der Waals surface area contributed by atoms with Crippen LogP contribution in [0.2, 0.25) is 5.02 Å². The summed E-state index contributed by atoms with van der Waals surface area (Å²) in [7, 11) is 0. The van der Waals surface area contributed by atoms with Crippen LogP contribution in [0.3, 0.4) is 0 Å². The first-order valence-corrected chi connectivity index (χ1v) is 7.91. The summed E-state index contributed by atoms with van der Waals surface area (Å²) in [6, 6.07) is 10.2. The number of anilines is 1. The molecule has 0 fully saturated rings. The lowest BCUT2D eigenvalue weighted by molar-refractivity contribution is -0.383. The maximum absolute atomic E-state index is 11.9. The van der Waals surface area contributed by atoms with Gasteiger partial charge in [0, 0.05) is 11.1 Å². The number of halogens is 1. The Bertz CT molecular complexity index is 839. The number of esters is 1. The monoisotopic (exact) mass is 377 g/mol. The quantitative estimate of drug-likeness (QED) is 0.345. The second-order valence-corrected chi connectivity index (χ2v) is 5.88. The van der Waals surface area contributed by atoms with Crippen LogP contribution in [-0.2, 0) is 9.53 Å². The number of carbonyl (C=O) groups is 2. The number of benzene rings is 2. The first-order valence-electron chi connectivity index (χ1n) is 7.54. The van der Waals surface area contributed by atoms with Crippen molar-refractivity contribution in [2.24, 2.45) is 0 Å². The highest BCUT2D eigenvalue weighted by Gasteiger charge is 2.18. The Hall–Kier alpha value is -3.13. The number of hydrogen-bond donors (Lipinski definition) is 2. The number of nitro benzene ring substituents is 1. The second-order valence-electron chi connectivity index (χ2n) is 5.45. The third-order valence-electron chi connectivity index (χ3n) is 3.54. The summed E-state index contributed by atoms with van der Waals surface area (Å²) in [5.41, 5.74) is 5.77. The van der Waals surface area contributed by atoms with Gasteiger partial charge in [0.1, 0.15) is 5.69 Å². The third kappa shape index (κ3) is 4.93. The second kappa shape index (κ2) is 8.30. The van der Waals surface area contributed by atoms with Crippen molar-refractivity contribution >= 4 is 34.9 Å². The zero-order valence-corrected chi connectivity index (χ0v) is 14.5. The van der Waals surface area contributed by atoms with Crippen molar-refractivity contribution in [1.82, 2.24) is 5.32 Å². The van der Waals surface area contributed by atoms with Crippen LogP contribution in [-0.4, -0.2) is 23.4 Å². The fraction of sp³-hybridized carbons (Fsp3) is 0.176. The van der Waals surface area contributed by atoms with Crippen molar-refractivity contribution in [3.63, 3.8) is 0 Å². The van der Waals surface area contributed by atoms with Gasteiger partial charge in [-0.2, -0.15) is 0 Å². The molecule has 0 aliphatic heterocycles. The molecule has 2 aromatic carbocycles. The minimum Gasteiger partial charge on any atom is -0.452 e. The zero-order valence-electron chi connectivity index (χ0n) is 13.8. The van der Waals surface area contributed by atoms with Gasteiger partial charge in [0.2, 0.25) is 0 Å². The molecule has 0 heterocycles. The molecule has 0 bridgehead atoms. The molecule has 26 heavy (non-hydrogen) atoms. The van der Waals surface area contributed by atoms with Gasteiger partial charge in [-0.1, -0.05) is 23.7 Å². The van der Waals surface area contributed by atoms with E-state index in [2.05, 4.69) is 5.32 Å². The predicted molar refractivity (Wildman–Crippen MR) is 95.8 cm³/mol. The van der Waals surface area contributed by atoms with Gasteiger partial charge < -0.3 is 15.8 Å². The number of rotatable bonds is 6. The Labute approximate surface area is 154 Å². The van der Waals surface area contributed by atoms with Gasteiger partial charge in [0.05, 0.1) is 16.5 Å². The van der Waals surface area contributed by atoms with Crippen LogP contribution in [0.1, 0.15) is 28.9 Å². The number of amides is 1. The standard InChI is InChI=1S/C17H16ClN3O5/c1-10(11-2-5-13(18)6-3-11)20-16(22)9-26-17(23)12-4-7-14(19)15(8-12)21(24)25/h2-8,10H,9,19H2,1H3,(H,20,22)/t10-/m1/s1. The highest BCUT2D eigenvalue weighted by molar-refractivity contribution is 6.30. The number of nitrogens with zero attached hydrogens (tertiary/aromatic N) is 1. The Morgan fingerprint density at radius 3 is 2.54 bits per heavy atom. The molecule has 0 saturated carbocycles. The first kappa shape index (κ1) is 19.2. The first-order chi connectivity index (χ1) is 12.3. The summed E-state index contributed by atoms with van der Waals surface area (Å²) in [6.07, 6.45) is 0. The number of carbonyl (C=O) groups excluding carboxylic acids is 2. The van der Waals surface area contributed by atoms with E-state index < -0.39 is 29.1 Å². The van der Waals surface area contributed by atoms with Crippen LogP contribution in [0.15, 0.2) is 42.5 Å². The van der Waals surface area contributed by atoms with Gasteiger partial charge in [-0.15, -0.1) is 0 Å². The maximum atomic E-state index is 11.9. The molecule has 3 N–H and O–H groups in total. The fourth-order valence-electron chi connectivity index (χ4n) is 2.16. The van der Waals surface area contributed by atoms with Crippen molar-refractivity contribution in [3.8, 4) is 0 Å². The van der Waals surface area contributed by atoms with Crippen LogP contribution in [0.25, 0.3) is 0 Å². The number of ether oxygens (including phenoxy) is 1. The molecule has 1 amide bonds. The van der Waals surface area contributed by atoms with Gasteiger partial charge in [-0.25, -0.2) is 4.79 Å². The number of nitrogen functional groups attached to an aromatic ring is 1. The molecule has 9 heteroatoms. The molecule has 2 aromatic rings. The SMILES string of the molecule is C[C@@H](NC(=O)COC(=O)c1ccc(N)c([N+](=O)[O-])c1)c1ccc(Cl)cc1. The minimum absolute atomic E-state index is 0.0653. The van der Waals surface area contributed by atoms with Crippen LogP contribution in [0.5, 0.6) is 0 Å². The van der Waals surface area contributed by atoms with Crippen LogP contribution in [0, 0.1) is 10.1 Å². The smallest absolute Gasteiger partial charge is 0.338 e. The van der Waals surface area contributed by atoms with Gasteiger partial charge in [-0.3, -0.25) is 14.9 Å². The van der Waals surface area contributed by atoms with Crippen molar-refractivity contribution in [2.75, 3.05) is 12.3 Å². The van der Waals surface area contributed by atoms with E-state index in [4.69, 9.17) is 22.1 Å². The normalized spacial score (nSPS) is 11.5. The van der Waals surface area contributed by atoms with E-state index >= 15 is 0 Å². The topological polar surface area (TPSA) is 125 Å². The van der Waals surface area contributed by atoms with Crippen molar-refractivity contribution in [3.05, 3.63) is 68.7 Å². The van der Waals surface area contributed by atoms with E-state index in [1.165, 1.54) is 12.1 Å². The molecular weight excluding hydrogens is 362 g/mol. The minimum atomic E-state index is -0.859. The maximum Gasteiger partial charge on any atom is 0.338 e. The van der Waals surface area contributed by atoms with Crippen molar-refractivity contribution in [1.29, 1.82) is 0 Å². The van der Waals surface area contributed by atoms with E-state index in [-0.39, 0.29) is 17.3 Å². The summed E-state index contributed by atoms with van der Waals surface area (Å²) < 4.78 is 4.88. The molecule has 0 spiro atoms. The molecule has 0 radical (unpaired) electrons. The molecule has 0 aliphatic rings. The largest absolute Gasteiger partial charge is 0.452 e. The number of nitro groups is 1. The number of nitrogens with one attached hydrogen (secondary N) is 1. The number of nitrogens with two attached hydrogens (primary N) is 1. The summed E-state index contributed by atoms with van der Waals surface area (Å²) in [6.45, 7) is 1.25. The van der Waals surface area contributed by atoms with Gasteiger partial charge in [-0.05, 0) is 36.8 Å². The highest BCUT2D eigenvalue weighted by Crippen LogP contribution is 2.22. The molecule has 0 aliphatic carbocycles. The van der Waals surface area contributed by atoms with Crippen molar-refractivity contribution in [2.45, 2.75) is 13.0 Å². The Balaban J connectivity index is 1.92. The summed E-state index contributed by atoms with van der Waals surface area (Å²) in [5.74, 6) is -1.37. The Kier molecular flexibility index (Phi) is 6.13. The third-order valence-corrected chi connectivity index (χ3v) is 3.80. The number of hydrogen-bond acceptors (Lipinski definition) is 6. The van der Waals surface area contributed by atoms with E-state index in [9.17, 15) is 19.7 Å². The molecule has 0 saturated heterocycles. The Morgan fingerprint density at radius 1 is 1.27 bits per heavy atom. The van der Waals surface area contributed by atoms with E-state index in [1.54, 1.807) is 31.2 Å². The average molecular weight is 378 g/mol. The lowest BCUT2D eigenvalue weighted by Crippen LogP contribution is -2.31. The summed E-state index contributed by atoms with van der Waals surface area (Å²) in [5, 5.41) is 14.1. The summed E-state index contributed by atoms with van der Waals surface area (Å²) >= 11 is 5.81. The molecule has 136 valence electrons. The van der Waals surface area contributed by atoms with Gasteiger partial charge in [0.25, 0.3) is 11.6 Å². The average Bonchev–Trinajstić information content (AvgIpc) is 2.60. The molecule has 2 rings (SSSR count). The molecule has 0 unspecified atom stereocenters. The molecular formula is C17H16ClN3O5. The lowest BCUT2D eigenvalue weighted by Gasteiger charge is -2.14. The Morgan fingerprint density at radius 2 is 1.92 bits per heavy atom. The molecule has 8 nitrogen and oxygen atoms in total. The van der Waals surface area contributed by atoms with E-state index in [0.29, 0.717) is 5.02 Å². The van der Waals surface area contributed by atoms with Gasteiger partial charge >= 0.3 is 5.97 Å². The zero-order chi connectivity index (χ0) is 19.3. The lowest BCUT2D eigenvalue weighted by atomic mass is 10.1. The summed E-state index contributed by atoms with van der Waals surface area (Å²) in [4.78, 5) is 34.0. The van der Waals surface area contributed by atoms with Crippen molar-refractivity contribution < 1.29 is 19.2 Å². The van der Waals surface area contributed by atoms with Crippen LogP contribution < -0.4 is 11.1 Å². The molecule has 1 atom stereocenters. The van der Waals surface area contributed by atoms with Crippen LogP contribution in [0.4, 0.5) is 11.4 Å².